The van der Waals surface area contributed by atoms with E-state index in [1.54, 1.807) is 0 Å². The summed E-state index contributed by atoms with van der Waals surface area (Å²) in [5.41, 5.74) is 6.76. The second-order valence-corrected chi connectivity index (χ2v) is 4.46. The van der Waals surface area contributed by atoms with Crippen LogP contribution in [0, 0.1) is 0 Å². The maximum atomic E-state index is 5.72. The minimum Gasteiger partial charge on any atom is -0.389 e. The van der Waals surface area contributed by atoms with Gasteiger partial charge in [-0.25, -0.2) is 4.98 Å². The fraction of sp³-hybridized carbons (Fsp3) is 0.571. The van der Waals surface area contributed by atoms with Gasteiger partial charge in [0.05, 0.1) is 5.69 Å². The summed E-state index contributed by atoms with van der Waals surface area (Å²) in [6.07, 6.45) is 3.76. The van der Waals surface area contributed by atoms with Gasteiger partial charge < -0.3 is 5.73 Å². The number of rotatable bonds is 1. The topological polar surface area (TPSA) is 38.9 Å². The van der Waals surface area contributed by atoms with Gasteiger partial charge in [-0.2, -0.15) is 0 Å². The van der Waals surface area contributed by atoms with Crippen LogP contribution in [-0.4, -0.2) is 4.98 Å². The fourth-order valence-electron chi connectivity index (χ4n) is 1.29. The Hall–Kier alpha value is -0.280. The van der Waals surface area contributed by atoms with E-state index in [0.717, 1.165) is 10.7 Å². The highest BCUT2D eigenvalue weighted by molar-refractivity contribution is 7.19. The first-order chi connectivity index (χ1) is 5.27. The van der Waals surface area contributed by atoms with Gasteiger partial charge in [0.15, 0.2) is 4.47 Å². The van der Waals surface area contributed by atoms with E-state index in [-0.39, 0.29) is 0 Å². The predicted octanol–water partition coefficient (Wildman–Crippen LogP) is 2.65. The van der Waals surface area contributed by atoms with E-state index in [0.29, 0.717) is 10.4 Å². The van der Waals surface area contributed by atoms with Crippen LogP contribution in [0.15, 0.2) is 0 Å². The van der Waals surface area contributed by atoms with Crippen LogP contribution in [-0.2, 0) is 0 Å². The van der Waals surface area contributed by atoms with Gasteiger partial charge in [0.2, 0.25) is 0 Å². The molecule has 0 radical (unpaired) electrons. The Labute approximate surface area is 74.4 Å². The van der Waals surface area contributed by atoms with Crippen LogP contribution in [0.4, 0.5) is 5.00 Å². The zero-order valence-electron chi connectivity index (χ0n) is 6.01. The molecule has 0 spiro atoms. The van der Waals surface area contributed by atoms with Crippen molar-refractivity contribution in [2.45, 2.75) is 25.2 Å². The number of hydrogen-bond acceptors (Lipinski definition) is 3. The lowest BCUT2D eigenvalue weighted by Crippen LogP contribution is -2.10. The number of anilines is 1. The molecule has 0 aliphatic heterocycles. The molecule has 0 unspecified atom stereocenters. The summed E-state index contributed by atoms with van der Waals surface area (Å²) < 4.78 is 0.574. The quantitative estimate of drug-likeness (QED) is 0.736. The average Bonchev–Trinajstić information content (AvgIpc) is 2.07. The fourth-order valence-corrected chi connectivity index (χ4v) is 2.27. The van der Waals surface area contributed by atoms with E-state index in [1.807, 2.05) is 0 Å². The maximum absolute atomic E-state index is 5.72. The molecule has 1 aliphatic carbocycles. The van der Waals surface area contributed by atoms with Gasteiger partial charge >= 0.3 is 0 Å². The summed E-state index contributed by atoms with van der Waals surface area (Å²) in [7, 11) is 0. The molecule has 1 aromatic rings. The van der Waals surface area contributed by atoms with Gasteiger partial charge in [0.1, 0.15) is 5.00 Å². The van der Waals surface area contributed by atoms with Crippen molar-refractivity contribution in [3.63, 3.8) is 0 Å². The van der Waals surface area contributed by atoms with Crippen molar-refractivity contribution in [3.8, 4) is 0 Å². The molecule has 0 aromatic carbocycles. The Balaban J connectivity index is 2.28. The van der Waals surface area contributed by atoms with Crippen molar-refractivity contribution >= 4 is 27.9 Å². The molecule has 4 heteroatoms. The molecule has 60 valence electrons. The Bertz CT molecular complexity index is 267. The van der Waals surface area contributed by atoms with Crippen molar-refractivity contribution in [1.29, 1.82) is 0 Å². The van der Waals surface area contributed by atoms with Gasteiger partial charge in [-0.15, -0.1) is 0 Å². The van der Waals surface area contributed by atoms with Crippen LogP contribution in [0.2, 0.25) is 4.47 Å². The summed E-state index contributed by atoms with van der Waals surface area (Å²) in [6.45, 7) is 0. The van der Waals surface area contributed by atoms with Crippen molar-refractivity contribution in [2.24, 2.45) is 0 Å². The second-order valence-electron chi connectivity index (χ2n) is 2.84. The molecule has 1 heterocycles. The van der Waals surface area contributed by atoms with Gasteiger partial charge in [0, 0.05) is 5.92 Å². The monoisotopic (exact) mass is 188 g/mol. The second kappa shape index (κ2) is 2.64. The molecule has 2 rings (SSSR count). The lowest BCUT2D eigenvalue weighted by molar-refractivity contribution is 0.414. The highest BCUT2D eigenvalue weighted by atomic mass is 35.5. The van der Waals surface area contributed by atoms with Crippen molar-refractivity contribution in [3.05, 3.63) is 10.2 Å². The predicted molar refractivity (Wildman–Crippen MR) is 48.1 cm³/mol. The minimum absolute atomic E-state index is 0.574. The average molecular weight is 189 g/mol. The molecular weight excluding hydrogens is 180 g/mol. The number of aromatic nitrogens is 1. The van der Waals surface area contributed by atoms with Gasteiger partial charge in [0.25, 0.3) is 0 Å². The van der Waals surface area contributed by atoms with Crippen LogP contribution in [0.25, 0.3) is 0 Å². The molecule has 1 saturated carbocycles. The molecule has 0 amide bonds. The summed E-state index contributed by atoms with van der Waals surface area (Å²) >= 11 is 7.10. The molecule has 1 fully saturated rings. The van der Waals surface area contributed by atoms with Gasteiger partial charge in [-0.3, -0.25) is 0 Å². The number of halogens is 1. The number of hydrogen-bond donors (Lipinski definition) is 1. The summed E-state index contributed by atoms with van der Waals surface area (Å²) in [6, 6.07) is 0. The Morgan fingerprint density at radius 1 is 1.55 bits per heavy atom. The van der Waals surface area contributed by atoms with E-state index < -0.39 is 0 Å². The third-order valence-corrected chi connectivity index (χ3v) is 3.15. The van der Waals surface area contributed by atoms with Crippen LogP contribution < -0.4 is 5.73 Å². The summed E-state index contributed by atoms with van der Waals surface area (Å²) in [5.74, 6) is 0.596. The summed E-state index contributed by atoms with van der Waals surface area (Å²) in [5, 5.41) is 0.805. The number of nitrogens with two attached hydrogens (primary N) is 1. The first kappa shape index (κ1) is 7.37. The van der Waals surface area contributed by atoms with E-state index in [9.17, 15) is 0 Å². The molecule has 0 atom stereocenters. The normalized spacial score (nSPS) is 18.3. The van der Waals surface area contributed by atoms with Crippen LogP contribution in [0.1, 0.15) is 30.9 Å². The van der Waals surface area contributed by atoms with E-state index in [1.165, 1.54) is 30.6 Å². The zero-order chi connectivity index (χ0) is 7.84. The third-order valence-electron chi connectivity index (χ3n) is 2.15. The lowest BCUT2D eigenvalue weighted by Gasteiger charge is -2.23. The van der Waals surface area contributed by atoms with Crippen LogP contribution in [0.3, 0.4) is 0 Å². The van der Waals surface area contributed by atoms with Crippen molar-refractivity contribution < 1.29 is 0 Å². The lowest BCUT2D eigenvalue weighted by atomic mass is 9.83. The van der Waals surface area contributed by atoms with E-state index in [4.69, 9.17) is 17.3 Å². The first-order valence-electron chi connectivity index (χ1n) is 3.69. The molecule has 0 saturated heterocycles. The molecule has 2 N–H and O–H groups in total. The van der Waals surface area contributed by atoms with Gasteiger partial charge in [-0.05, 0) is 12.8 Å². The van der Waals surface area contributed by atoms with Crippen molar-refractivity contribution in [2.75, 3.05) is 5.73 Å². The number of thiazole rings is 1. The van der Waals surface area contributed by atoms with Crippen LogP contribution in [0.5, 0.6) is 0 Å². The van der Waals surface area contributed by atoms with Crippen LogP contribution >= 0.6 is 22.9 Å². The van der Waals surface area contributed by atoms with Crippen molar-refractivity contribution in [1.82, 2.24) is 4.98 Å². The highest BCUT2D eigenvalue weighted by Crippen LogP contribution is 2.41. The minimum atomic E-state index is 0.574. The first-order valence-corrected chi connectivity index (χ1v) is 4.88. The number of nitrogens with zero attached hydrogens (tertiary/aromatic N) is 1. The van der Waals surface area contributed by atoms with E-state index in [2.05, 4.69) is 4.98 Å². The Kier molecular flexibility index (Phi) is 1.77. The van der Waals surface area contributed by atoms with Gasteiger partial charge in [-0.1, -0.05) is 29.4 Å². The number of nitrogen functional groups attached to an aromatic ring is 1. The highest BCUT2D eigenvalue weighted by Gasteiger charge is 2.24. The largest absolute Gasteiger partial charge is 0.389 e. The Morgan fingerprint density at radius 2 is 2.27 bits per heavy atom. The maximum Gasteiger partial charge on any atom is 0.185 e. The molecule has 1 aromatic heterocycles. The Morgan fingerprint density at radius 3 is 2.64 bits per heavy atom. The molecule has 2 nitrogen and oxygen atoms in total. The SMILES string of the molecule is Nc1sc(Cl)nc1C1CCC1. The molecular formula is C7H9ClN2S. The third kappa shape index (κ3) is 1.23. The zero-order valence-corrected chi connectivity index (χ0v) is 7.58. The van der Waals surface area contributed by atoms with E-state index >= 15 is 0 Å². The molecule has 1 aliphatic rings. The summed E-state index contributed by atoms with van der Waals surface area (Å²) in [4.78, 5) is 4.19. The smallest absolute Gasteiger partial charge is 0.185 e. The molecule has 11 heavy (non-hydrogen) atoms. The molecule has 0 bridgehead atoms. The standard InChI is InChI=1S/C7H9ClN2S/c8-7-10-5(6(9)11-7)4-2-1-3-4/h4H,1-3,9H2.